The molecule has 0 radical (unpaired) electrons. The van der Waals surface area contributed by atoms with E-state index in [1.54, 1.807) is 36.4 Å². The second kappa shape index (κ2) is 10.5. The number of likely N-dealkylation sites (tertiary alicyclic amines) is 1. The molecular weight excluding hydrogens is 440 g/mol. The number of ether oxygens (including phenoxy) is 4. The third-order valence-corrected chi connectivity index (χ3v) is 5.67. The molecule has 9 heteroatoms. The van der Waals surface area contributed by atoms with Crippen LogP contribution in [0.1, 0.15) is 17.2 Å². The Morgan fingerprint density at radius 3 is 2.15 bits per heavy atom. The average molecular weight is 471 g/mol. The number of hydrogen-bond donors (Lipinski definition) is 1. The second-order valence-corrected chi connectivity index (χ2v) is 7.99. The fourth-order valence-corrected chi connectivity index (χ4v) is 3.95. The number of aliphatic hydroxyl groups is 1. The van der Waals surface area contributed by atoms with E-state index < -0.39 is 17.7 Å². The van der Waals surface area contributed by atoms with Gasteiger partial charge in [-0.25, -0.2) is 0 Å². The molecule has 1 heterocycles. The van der Waals surface area contributed by atoms with Crippen LogP contribution >= 0.6 is 0 Å². The molecule has 2 aromatic carbocycles. The smallest absolute Gasteiger partial charge is 0.295 e. The first-order valence-corrected chi connectivity index (χ1v) is 10.6. The standard InChI is InChI=1S/C25H30N2O7/c1-26(2)10-11-27-21(16-13-18(32-4)24(34-6)19(14-16)33-5)20(23(29)25(27)30)22(28)15-8-7-9-17(12-15)31-3/h7-9,12-14,21,28H,10-11H2,1-6H3/b22-20-. The van der Waals surface area contributed by atoms with Crippen molar-refractivity contribution in [3.05, 3.63) is 53.1 Å². The number of carbonyl (C=O) groups is 2. The van der Waals surface area contributed by atoms with Gasteiger partial charge in [0.2, 0.25) is 5.75 Å². The van der Waals surface area contributed by atoms with Gasteiger partial charge in [-0.2, -0.15) is 0 Å². The van der Waals surface area contributed by atoms with Gasteiger partial charge in [0, 0.05) is 18.7 Å². The predicted molar refractivity (Wildman–Crippen MR) is 127 cm³/mol. The van der Waals surface area contributed by atoms with E-state index in [1.807, 2.05) is 19.0 Å². The molecule has 1 atom stereocenters. The summed E-state index contributed by atoms with van der Waals surface area (Å²) in [6.07, 6.45) is 0. The summed E-state index contributed by atoms with van der Waals surface area (Å²) in [5.74, 6) is -0.110. The lowest BCUT2D eigenvalue weighted by Gasteiger charge is -2.27. The summed E-state index contributed by atoms with van der Waals surface area (Å²) >= 11 is 0. The number of carbonyl (C=O) groups excluding carboxylic acids is 2. The number of amides is 1. The van der Waals surface area contributed by atoms with Gasteiger partial charge < -0.3 is 33.9 Å². The Morgan fingerprint density at radius 2 is 1.62 bits per heavy atom. The van der Waals surface area contributed by atoms with Crippen LogP contribution in [0.5, 0.6) is 23.0 Å². The molecule has 182 valence electrons. The molecule has 0 bridgehead atoms. The molecule has 2 aromatic rings. The van der Waals surface area contributed by atoms with Crippen molar-refractivity contribution >= 4 is 17.4 Å². The van der Waals surface area contributed by atoms with Crippen molar-refractivity contribution in [2.24, 2.45) is 0 Å². The molecule has 0 spiro atoms. The summed E-state index contributed by atoms with van der Waals surface area (Å²) in [5.41, 5.74) is 0.880. The van der Waals surface area contributed by atoms with Gasteiger partial charge in [0.05, 0.1) is 40.1 Å². The van der Waals surface area contributed by atoms with E-state index >= 15 is 0 Å². The second-order valence-electron chi connectivity index (χ2n) is 7.99. The highest BCUT2D eigenvalue weighted by Crippen LogP contribution is 2.45. The molecule has 1 aliphatic rings. The molecular formula is C25H30N2O7. The summed E-state index contributed by atoms with van der Waals surface area (Å²) in [4.78, 5) is 29.7. The largest absolute Gasteiger partial charge is 0.507 e. The van der Waals surface area contributed by atoms with Gasteiger partial charge in [0.15, 0.2) is 11.5 Å². The fourth-order valence-electron chi connectivity index (χ4n) is 3.95. The molecule has 3 rings (SSSR count). The van der Waals surface area contributed by atoms with Crippen molar-refractivity contribution < 1.29 is 33.6 Å². The lowest BCUT2D eigenvalue weighted by atomic mass is 9.94. The highest BCUT2D eigenvalue weighted by molar-refractivity contribution is 6.46. The summed E-state index contributed by atoms with van der Waals surface area (Å²) in [6, 6.07) is 9.18. The monoisotopic (exact) mass is 470 g/mol. The molecule has 1 fully saturated rings. The SMILES string of the molecule is COc1cccc(/C(O)=C2/C(=O)C(=O)N(CCN(C)C)C2c2cc(OC)c(OC)c(OC)c2)c1. The lowest BCUT2D eigenvalue weighted by Crippen LogP contribution is -2.35. The number of ketones is 1. The summed E-state index contributed by atoms with van der Waals surface area (Å²) in [7, 11) is 9.73. The minimum Gasteiger partial charge on any atom is -0.507 e. The van der Waals surface area contributed by atoms with Gasteiger partial charge in [-0.3, -0.25) is 9.59 Å². The van der Waals surface area contributed by atoms with Crippen LogP contribution in [0.2, 0.25) is 0 Å². The van der Waals surface area contributed by atoms with Crippen LogP contribution in [0.3, 0.4) is 0 Å². The Bertz CT molecular complexity index is 1090. The molecule has 34 heavy (non-hydrogen) atoms. The van der Waals surface area contributed by atoms with E-state index in [1.165, 1.54) is 33.3 Å². The van der Waals surface area contributed by atoms with Gasteiger partial charge in [0.25, 0.3) is 11.7 Å². The zero-order valence-electron chi connectivity index (χ0n) is 20.2. The van der Waals surface area contributed by atoms with Crippen LogP contribution in [-0.4, -0.2) is 82.2 Å². The first-order valence-electron chi connectivity index (χ1n) is 10.6. The van der Waals surface area contributed by atoms with Crippen LogP contribution in [0.15, 0.2) is 42.0 Å². The van der Waals surface area contributed by atoms with Gasteiger partial charge in [-0.1, -0.05) is 12.1 Å². The zero-order valence-corrected chi connectivity index (χ0v) is 20.2. The highest BCUT2D eigenvalue weighted by Gasteiger charge is 2.46. The maximum absolute atomic E-state index is 13.2. The Hall–Kier alpha value is -3.72. The number of methoxy groups -OCH3 is 4. The zero-order chi connectivity index (χ0) is 25.0. The third kappa shape index (κ3) is 4.65. The normalized spacial score (nSPS) is 17.3. The first-order chi connectivity index (χ1) is 16.3. The topological polar surface area (TPSA) is 97.8 Å². The first kappa shape index (κ1) is 24.9. The maximum atomic E-state index is 13.2. The van der Waals surface area contributed by atoms with Gasteiger partial charge in [-0.05, 0) is 43.9 Å². The molecule has 1 amide bonds. The van der Waals surface area contributed by atoms with Crippen LogP contribution in [0, 0.1) is 0 Å². The number of aliphatic hydroxyl groups excluding tert-OH is 1. The molecule has 1 aliphatic heterocycles. The summed E-state index contributed by atoms with van der Waals surface area (Å²) in [6.45, 7) is 0.793. The Balaban J connectivity index is 2.26. The quantitative estimate of drug-likeness (QED) is 0.339. The van der Waals surface area contributed by atoms with E-state index in [4.69, 9.17) is 18.9 Å². The number of likely N-dealkylation sites (N-methyl/N-ethyl adjacent to an activating group) is 1. The summed E-state index contributed by atoms with van der Waals surface area (Å²) in [5, 5.41) is 11.2. The number of hydrogen-bond acceptors (Lipinski definition) is 8. The molecule has 1 saturated heterocycles. The fraction of sp³-hybridized carbons (Fsp3) is 0.360. The van der Waals surface area contributed by atoms with Crippen molar-refractivity contribution in [1.29, 1.82) is 0 Å². The average Bonchev–Trinajstić information content (AvgIpc) is 3.10. The number of Topliss-reactive ketones (excluding diaryl/α,β-unsaturated/α-hetero) is 1. The number of benzene rings is 2. The van der Waals surface area contributed by atoms with Gasteiger partial charge in [-0.15, -0.1) is 0 Å². The van der Waals surface area contributed by atoms with Crippen LogP contribution in [0.25, 0.3) is 5.76 Å². The van der Waals surface area contributed by atoms with E-state index in [0.29, 0.717) is 40.7 Å². The van der Waals surface area contributed by atoms with Crippen molar-refractivity contribution in [1.82, 2.24) is 9.80 Å². The van der Waals surface area contributed by atoms with E-state index in [2.05, 4.69) is 0 Å². The minimum absolute atomic E-state index is 0.0220. The Kier molecular flexibility index (Phi) is 7.68. The van der Waals surface area contributed by atoms with Crippen molar-refractivity contribution in [3.63, 3.8) is 0 Å². The third-order valence-electron chi connectivity index (χ3n) is 5.67. The Morgan fingerprint density at radius 1 is 0.971 bits per heavy atom. The molecule has 1 N–H and O–H groups in total. The Labute approximate surface area is 199 Å². The van der Waals surface area contributed by atoms with Crippen LogP contribution < -0.4 is 18.9 Å². The maximum Gasteiger partial charge on any atom is 0.295 e. The lowest BCUT2D eigenvalue weighted by molar-refractivity contribution is -0.140. The highest BCUT2D eigenvalue weighted by atomic mass is 16.5. The van der Waals surface area contributed by atoms with Crippen molar-refractivity contribution in [3.8, 4) is 23.0 Å². The van der Waals surface area contributed by atoms with E-state index in [9.17, 15) is 14.7 Å². The molecule has 9 nitrogen and oxygen atoms in total. The van der Waals surface area contributed by atoms with Gasteiger partial charge in [0.1, 0.15) is 11.5 Å². The molecule has 0 saturated carbocycles. The molecule has 0 aliphatic carbocycles. The van der Waals surface area contributed by atoms with Crippen molar-refractivity contribution in [2.75, 3.05) is 55.6 Å². The van der Waals surface area contributed by atoms with E-state index in [-0.39, 0.29) is 17.9 Å². The van der Waals surface area contributed by atoms with E-state index in [0.717, 1.165) is 0 Å². The summed E-state index contributed by atoms with van der Waals surface area (Å²) < 4.78 is 21.6. The molecule has 0 aromatic heterocycles. The van der Waals surface area contributed by atoms with Crippen LogP contribution in [0.4, 0.5) is 0 Å². The predicted octanol–water partition coefficient (Wildman–Crippen LogP) is 2.70. The van der Waals surface area contributed by atoms with Crippen molar-refractivity contribution in [2.45, 2.75) is 6.04 Å². The van der Waals surface area contributed by atoms with Gasteiger partial charge >= 0.3 is 0 Å². The number of nitrogens with zero attached hydrogens (tertiary/aromatic N) is 2. The number of rotatable bonds is 9. The molecule has 1 unspecified atom stereocenters. The van der Waals surface area contributed by atoms with Crippen LogP contribution in [-0.2, 0) is 9.59 Å². The minimum atomic E-state index is -0.861.